The smallest absolute Gasteiger partial charge is 0.264 e. The SMILES string of the molecule is O=C1C[C@@H](c2ccccc2)O[C@@]2(C1)C(=O)N(Cc1ccccc1)c1ccccc12. The first-order chi connectivity index (χ1) is 14.2. The molecular weight excluding hydrogens is 362 g/mol. The molecule has 144 valence electrons. The summed E-state index contributed by atoms with van der Waals surface area (Å²) in [5.74, 6) is -0.105. The van der Waals surface area contributed by atoms with Crippen molar-refractivity contribution in [1.29, 1.82) is 0 Å². The lowest BCUT2D eigenvalue weighted by Crippen LogP contribution is -2.47. The van der Waals surface area contributed by atoms with E-state index in [0.29, 0.717) is 13.0 Å². The first-order valence-corrected chi connectivity index (χ1v) is 9.87. The normalized spacial score (nSPS) is 23.4. The number of benzene rings is 3. The average Bonchev–Trinajstić information content (AvgIpc) is 2.97. The van der Waals surface area contributed by atoms with Gasteiger partial charge in [0.05, 0.1) is 18.3 Å². The maximum atomic E-state index is 13.7. The second-order valence-corrected chi connectivity index (χ2v) is 7.66. The van der Waals surface area contributed by atoms with Gasteiger partial charge in [0.1, 0.15) is 5.78 Å². The molecule has 1 amide bonds. The van der Waals surface area contributed by atoms with Gasteiger partial charge in [-0.1, -0.05) is 78.9 Å². The van der Waals surface area contributed by atoms with E-state index in [1.165, 1.54) is 0 Å². The fourth-order valence-corrected chi connectivity index (χ4v) is 4.44. The van der Waals surface area contributed by atoms with Crippen molar-refractivity contribution in [2.75, 3.05) is 4.90 Å². The van der Waals surface area contributed by atoms with Crippen LogP contribution in [0.15, 0.2) is 84.9 Å². The molecule has 2 aliphatic rings. The molecule has 3 aromatic carbocycles. The number of carbonyl (C=O) groups is 2. The Labute approximate surface area is 169 Å². The number of carbonyl (C=O) groups excluding carboxylic acids is 2. The molecule has 0 saturated carbocycles. The molecule has 0 aromatic heterocycles. The lowest BCUT2D eigenvalue weighted by molar-refractivity contribution is -0.171. The van der Waals surface area contributed by atoms with Crippen molar-refractivity contribution in [3.8, 4) is 0 Å². The van der Waals surface area contributed by atoms with Gasteiger partial charge in [0.15, 0.2) is 5.60 Å². The number of Topliss-reactive ketones (excluding diaryl/α,β-unsaturated/α-hetero) is 1. The second kappa shape index (κ2) is 6.98. The molecule has 2 aliphatic heterocycles. The van der Waals surface area contributed by atoms with E-state index in [-0.39, 0.29) is 18.1 Å². The molecule has 0 bridgehead atoms. The van der Waals surface area contributed by atoms with Crippen LogP contribution in [-0.2, 0) is 26.5 Å². The monoisotopic (exact) mass is 383 g/mol. The van der Waals surface area contributed by atoms with E-state index in [9.17, 15) is 9.59 Å². The van der Waals surface area contributed by atoms with Gasteiger partial charge in [0.25, 0.3) is 5.91 Å². The van der Waals surface area contributed by atoms with E-state index in [4.69, 9.17) is 4.74 Å². The lowest BCUT2D eigenvalue weighted by Gasteiger charge is -2.37. The molecular formula is C25H21NO3. The number of hydrogen-bond donors (Lipinski definition) is 0. The summed E-state index contributed by atoms with van der Waals surface area (Å²) in [5, 5.41) is 0. The van der Waals surface area contributed by atoms with Gasteiger partial charge in [-0.15, -0.1) is 0 Å². The third-order valence-corrected chi connectivity index (χ3v) is 5.78. The predicted octanol–water partition coefficient (Wildman–Crippen LogP) is 4.55. The minimum Gasteiger partial charge on any atom is -0.351 e. The van der Waals surface area contributed by atoms with Crippen molar-refractivity contribution in [2.24, 2.45) is 0 Å². The highest BCUT2D eigenvalue weighted by Crippen LogP contribution is 2.51. The third-order valence-electron chi connectivity index (χ3n) is 5.78. The largest absolute Gasteiger partial charge is 0.351 e. The summed E-state index contributed by atoms with van der Waals surface area (Å²) in [4.78, 5) is 28.2. The Bertz CT molecular complexity index is 1060. The standard InChI is InChI=1S/C25H21NO3/c27-20-15-23(19-11-5-2-6-12-19)29-25(16-20)21-13-7-8-14-22(21)26(24(25)28)17-18-9-3-1-4-10-18/h1-14,23H,15-17H2/t23-,25+/m0/s1. The summed E-state index contributed by atoms with van der Waals surface area (Å²) in [6, 6.07) is 27.2. The minimum absolute atomic E-state index is 0.0508. The number of amides is 1. The molecule has 1 fully saturated rings. The van der Waals surface area contributed by atoms with Gasteiger partial charge < -0.3 is 9.64 Å². The molecule has 4 heteroatoms. The Morgan fingerprint density at radius 2 is 1.52 bits per heavy atom. The van der Waals surface area contributed by atoms with E-state index in [2.05, 4.69) is 0 Å². The van der Waals surface area contributed by atoms with Gasteiger partial charge in [-0.05, 0) is 17.2 Å². The van der Waals surface area contributed by atoms with Crippen LogP contribution in [0.5, 0.6) is 0 Å². The number of para-hydroxylation sites is 1. The predicted molar refractivity (Wildman–Crippen MR) is 110 cm³/mol. The molecule has 1 saturated heterocycles. The summed E-state index contributed by atoms with van der Waals surface area (Å²) in [5.41, 5.74) is 2.32. The Morgan fingerprint density at radius 3 is 2.28 bits per heavy atom. The summed E-state index contributed by atoms with van der Waals surface area (Å²) < 4.78 is 6.49. The van der Waals surface area contributed by atoms with Crippen LogP contribution in [-0.4, -0.2) is 11.7 Å². The van der Waals surface area contributed by atoms with Crippen molar-refractivity contribution in [3.05, 3.63) is 102 Å². The Kier molecular flexibility index (Phi) is 4.29. The highest BCUT2D eigenvalue weighted by molar-refractivity contribution is 6.09. The zero-order valence-corrected chi connectivity index (χ0v) is 16.0. The maximum Gasteiger partial charge on any atom is 0.264 e. The lowest BCUT2D eigenvalue weighted by atomic mass is 9.84. The molecule has 4 nitrogen and oxygen atoms in total. The van der Waals surface area contributed by atoms with E-state index >= 15 is 0 Å². The number of anilines is 1. The van der Waals surface area contributed by atoms with Crippen LogP contribution >= 0.6 is 0 Å². The van der Waals surface area contributed by atoms with Crippen molar-refractivity contribution in [2.45, 2.75) is 31.1 Å². The number of fused-ring (bicyclic) bond motifs is 2. The van der Waals surface area contributed by atoms with E-state index in [1.807, 2.05) is 84.9 Å². The summed E-state index contributed by atoms with van der Waals surface area (Å²) in [6.45, 7) is 0.450. The fourth-order valence-electron chi connectivity index (χ4n) is 4.44. The van der Waals surface area contributed by atoms with E-state index < -0.39 is 11.7 Å². The zero-order valence-electron chi connectivity index (χ0n) is 16.0. The quantitative estimate of drug-likeness (QED) is 0.667. The molecule has 1 spiro atoms. The molecule has 0 N–H and O–H groups in total. The number of ether oxygens (including phenoxy) is 1. The highest BCUT2D eigenvalue weighted by atomic mass is 16.5. The van der Waals surface area contributed by atoms with Crippen LogP contribution in [0.25, 0.3) is 0 Å². The topological polar surface area (TPSA) is 46.6 Å². The molecule has 0 unspecified atom stereocenters. The Hall–Kier alpha value is -3.24. The molecule has 2 heterocycles. The first kappa shape index (κ1) is 17.8. The maximum absolute atomic E-state index is 13.7. The Morgan fingerprint density at radius 1 is 0.862 bits per heavy atom. The molecule has 2 atom stereocenters. The molecule has 29 heavy (non-hydrogen) atoms. The summed E-state index contributed by atoms with van der Waals surface area (Å²) in [7, 11) is 0. The van der Waals surface area contributed by atoms with Crippen molar-refractivity contribution in [1.82, 2.24) is 0 Å². The van der Waals surface area contributed by atoms with Gasteiger partial charge in [-0.2, -0.15) is 0 Å². The highest BCUT2D eigenvalue weighted by Gasteiger charge is 2.56. The number of hydrogen-bond acceptors (Lipinski definition) is 3. The molecule has 0 aliphatic carbocycles. The second-order valence-electron chi connectivity index (χ2n) is 7.66. The van der Waals surface area contributed by atoms with Crippen LogP contribution in [0, 0.1) is 0 Å². The van der Waals surface area contributed by atoms with Gasteiger partial charge in [-0.25, -0.2) is 0 Å². The summed E-state index contributed by atoms with van der Waals surface area (Å²) >= 11 is 0. The van der Waals surface area contributed by atoms with Crippen LogP contribution in [0.2, 0.25) is 0 Å². The van der Waals surface area contributed by atoms with E-state index in [0.717, 1.165) is 22.4 Å². The van der Waals surface area contributed by atoms with Gasteiger partial charge in [0, 0.05) is 18.4 Å². The van der Waals surface area contributed by atoms with Crippen LogP contribution < -0.4 is 4.90 Å². The first-order valence-electron chi connectivity index (χ1n) is 9.87. The number of rotatable bonds is 3. The third kappa shape index (κ3) is 2.97. The van der Waals surface area contributed by atoms with Crippen molar-refractivity contribution in [3.63, 3.8) is 0 Å². The molecule has 5 rings (SSSR count). The summed E-state index contributed by atoms with van der Waals surface area (Å²) in [6.07, 6.45) is -0.0525. The fraction of sp³-hybridized carbons (Fsp3) is 0.200. The van der Waals surface area contributed by atoms with Gasteiger partial charge in [-0.3, -0.25) is 9.59 Å². The molecule has 3 aromatic rings. The van der Waals surface area contributed by atoms with Crippen molar-refractivity contribution >= 4 is 17.4 Å². The average molecular weight is 383 g/mol. The van der Waals surface area contributed by atoms with Crippen molar-refractivity contribution < 1.29 is 14.3 Å². The Balaban J connectivity index is 1.57. The van der Waals surface area contributed by atoms with E-state index in [1.54, 1.807) is 4.90 Å². The number of ketones is 1. The number of nitrogens with zero attached hydrogens (tertiary/aromatic N) is 1. The van der Waals surface area contributed by atoms with Crippen LogP contribution in [0.4, 0.5) is 5.69 Å². The van der Waals surface area contributed by atoms with Gasteiger partial charge in [0.2, 0.25) is 0 Å². The van der Waals surface area contributed by atoms with Crippen LogP contribution in [0.1, 0.15) is 35.6 Å². The van der Waals surface area contributed by atoms with Crippen LogP contribution in [0.3, 0.4) is 0 Å². The molecule has 0 radical (unpaired) electrons. The van der Waals surface area contributed by atoms with Gasteiger partial charge >= 0.3 is 0 Å². The minimum atomic E-state index is -1.25. The zero-order chi connectivity index (χ0) is 19.8.